The number of H-pyrrole nitrogens is 2. The van der Waals surface area contributed by atoms with Crippen molar-refractivity contribution in [2.45, 2.75) is 50.9 Å². The summed E-state index contributed by atoms with van der Waals surface area (Å²) in [6.07, 6.45) is 5.11. The van der Waals surface area contributed by atoms with Crippen LogP contribution in [0, 0.1) is 0 Å². The number of aromatic amines is 2. The highest BCUT2D eigenvalue weighted by molar-refractivity contribution is 5.80. The molecule has 0 spiro atoms. The van der Waals surface area contributed by atoms with E-state index >= 15 is 0 Å². The highest BCUT2D eigenvalue weighted by Gasteiger charge is 2.24. The van der Waals surface area contributed by atoms with Crippen LogP contribution in [0.4, 0.5) is 0 Å². The van der Waals surface area contributed by atoms with Crippen molar-refractivity contribution in [2.24, 2.45) is 0 Å². The smallest absolute Gasteiger partial charge is 0.0456 e. The molecule has 2 aromatic carbocycles. The van der Waals surface area contributed by atoms with Crippen LogP contribution < -0.4 is 10.6 Å². The summed E-state index contributed by atoms with van der Waals surface area (Å²) in [4.78, 5) is 7.07. The van der Waals surface area contributed by atoms with Gasteiger partial charge in [0.2, 0.25) is 0 Å². The molecule has 28 heavy (non-hydrogen) atoms. The van der Waals surface area contributed by atoms with Crippen LogP contribution in [-0.4, -0.2) is 22.1 Å². The fourth-order valence-electron chi connectivity index (χ4n) is 4.56. The minimum atomic E-state index is 0.518. The summed E-state index contributed by atoms with van der Waals surface area (Å²) in [6, 6.07) is 22.5. The van der Waals surface area contributed by atoms with E-state index in [1.165, 1.54) is 58.9 Å². The molecular weight excluding hydrogens is 344 g/mol. The van der Waals surface area contributed by atoms with Crippen molar-refractivity contribution in [1.82, 2.24) is 20.6 Å². The second kappa shape index (κ2) is 7.82. The lowest BCUT2D eigenvalue weighted by Crippen LogP contribution is -2.49. The van der Waals surface area contributed by atoms with Crippen LogP contribution in [0.25, 0.3) is 21.8 Å². The third-order valence-electron chi connectivity index (χ3n) is 6.05. The van der Waals surface area contributed by atoms with Gasteiger partial charge in [0.15, 0.2) is 0 Å². The number of benzene rings is 2. The van der Waals surface area contributed by atoms with Gasteiger partial charge in [-0.05, 0) is 47.9 Å². The van der Waals surface area contributed by atoms with Gasteiger partial charge in [-0.25, -0.2) is 0 Å². The van der Waals surface area contributed by atoms with Crippen LogP contribution in [0.15, 0.2) is 60.7 Å². The Kier molecular flexibility index (Phi) is 4.90. The Morgan fingerprint density at radius 3 is 1.61 bits per heavy atom. The van der Waals surface area contributed by atoms with E-state index in [2.05, 4.69) is 81.3 Å². The molecule has 2 aromatic heterocycles. The number of nitrogens with one attached hydrogen (secondary N) is 4. The Morgan fingerprint density at radius 2 is 1.14 bits per heavy atom. The molecule has 4 nitrogen and oxygen atoms in total. The van der Waals surface area contributed by atoms with Crippen molar-refractivity contribution >= 4 is 21.8 Å². The molecule has 1 fully saturated rings. The van der Waals surface area contributed by atoms with E-state index in [4.69, 9.17) is 0 Å². The topological polar surface area (TPSA) is 55.6 Å². The quantitative estimate of drug-likeness (QED) is 0.391. The number of para-hydroxylation sites is 2. The maximum atomic E-state index is 3.81. The SMILES string of the molecule is c1ccc2[nH]c(CNC3CCCC[C@H]3NCc3cc4ccccc4[nH]3)cc2c1. The van der Waals surface area contributed by atoms with E-state index in [0.717, 1.165) is 13.1 Å². The molecule has 2 heterocycles. The van der Waals surface area contributed by atoms with Crippen LogP contribution in [-0.2, 0) is 13.1 Å². The summed E-state index contributed by atoms with van der Waals surface area (Å²) in [5.74, 6) is 0. The van der Waals surface area contributed by atoms with Gasteiger partial charge in [-0.1, -0.05) is 49.2 Å². The highest BCUT2D eigenvalue weighted by Crippen LogP contribution is 2.21. The molecule has 1 saturated carbocycles. The third-order valence-corrected chi connectivity index (χ3v) is 6.05. The summed E-state index contributed by atoms with van der Waals surface area (Å²) in [5, 5.41) is 10.2. The van der Waals surface area contributed by atoms with Crippen molar-refractivity contribution in [3.8, 4) is 0 Å². The average Bonchev–Trinajstić information content (AvgIpc) is 3.34. The van der Waals surface area contributed by atoms with Crippen molar-refractivity contribution in [3.05, 3.63) is 72.1 Å². The molecular formula is C24H28N4. The summed E-state index contributed by atoms with van der Waals surface area (Å²) < 4.78 is 0. The predicted molar refractivity (Wildman–Crippen MR) is 116 cm³/mol. The van der Waals surface area contributed by atoms with Crippen LogP contribution in [0.5, 0.6) is 0 Å². The van der Waals surface area contributed by atoms with Crippen molar-refractivity contribution in [2.75, 3.05) is 0 Å². The van der Waals surface area contributed by atoms with Crippen LogP contribution in [0.3, 0.4) is 0 Å². The lowest BCUT2D eigenvalue weighted by molar-refractivity contribution is 0.280. The molecule has 1 aliphatic rings. The Morgan fingerprint density at radius 1 is 0.679 bits per heavy atom. The van der Waals surface area contributed by atoms with Crippen LogP contribution in [0.2, 0.25) is 0 Å². The second-order valence-electron chi connectivity index (χ2n) is 8.02. The normalized spacial score (nSPS) is 20.1. The number of hydrogen-bond donors (Lipinski definition) is 4. The average molecular weight is 373 g/mol. The maximum Gasteiger partial charge on any atom is 0.0456 e. The van der Waals surface area contributed by atoms with E-state index in [9.17, 15) is 0 Å². The van der Waals surface area contributed by atoms with E-state index in [-0.39, 0.29) is 0 Å². The van der Waals surface area contributed by atoms with Crippen molar-refractivity contribution < 1.29 is 0 Å². The number of hydrogen-bond acceptors (Lipinski definition) is 2. The lowest BCUT2D eigenvalue weighted by Gasteiger charge is -2.33. The molecule has 0 amide bonds. The minimum absolute atomic E-state index is 0.518. The molecule has 2 atom stereocenters. The predicted octanol–water partition coefficient (Wildman–Crippen LogP) is 4.84. The van der Waals surface area contributed by atoms with Crippen molar-refractivity contribution in [3.63, 3.8) is 0 Å². The summed E-state index contributed by atoms with van der Waals surface area (Å²) in [5.41, 5.74) is 4.97. The fourth-order valence-corrected chi connectivity index (χ4v) is 4.56. The summed E-state index contributed by atoms with van der Waals surface area (Å²) >= 11 is 0. The first kappa shape index (κ1) is 17.5. The Labute approximate surface area is 165 Å². The zero-order valence-corrected chi connectivity index (χ0v) is 16.2. The minimum Gasteiger partial charge on any atom is -0.357 e. The molecule has 4 heteroatoms. The monoisotopic (exact) mass is 372 g/mol. The van der Waals surface area contributed by atoms with E-state index in [1.54, 1.807) is 0 Å². The van der Waals surface area contributed by atoms with E-state index in [0.29, 0.717) is 12.1 Å². The van der Waals surface area contributed by atoms with Gasteiger partial charge in [-0.15, -0.1) is 0 Å². The standard InChI is InChI=1S/C24H28N4/c1-3-9-21-17(7-1)13-19(27-21)15-25-23-11-5-6-12-24(23)26-16-20-14-18-8-2-4-10-22(18)28-20/h1-4,7-10,13-14,23-28H,5-6,11-12,15-16H2/t23-,24?/m1/s1. The third kappa shape index (κ3) is 3.71. The first-order chi connectivity index (χ1) is 13.8. The Bertz CT molecular complexity index is 909. The molecule has 0 saturated heterocycles. The lowest BCUT2D eigenvalue weighted by atomic mass is 9.90. The maximum absolute atomic E-state index is 3.81. The first-order valence-corrected chi connectivity index (χ1v) is 10.5. The fraction of sp³-hybridized carbons (Fsp3) is 0.333. The Hall–Kier alpha value is -2.56. The highest BCUT2D eigenvalue weighted by atomic mass is 15.0. The van der Waals surface area contributed by atoms with Crippen LogP contribution >= 0.6 is 0 Å². The van der Waals surface area contributed by atoms with Gasteiger partial charge in [-0.2, -0.15) is 0 Å². The molecule has 0 aliphatic heterocycles. The molecule has 4 aromatic rings. The van der Waals surface area contributed by atoms with Crippen molar-refractivity contribution in [1.29, 1.82) is 0 Å². The van der Waals surface area contributed by atoms with Gasteiger partial charge in [0.1, 0.15) is 0 Å². The molecule has 1 aliphatic carbocycles. The molecule has 144 valence electrons. The van der Waals surface area contributed by atoms with E-state index in [1.807, 2.05) is 0 Å². The van der Waals surface area contributed by atoms with E-state index < -0.39 is 0 Å². The molecule has 0 bridgehead atoms. The summed E-state index contributed by atoms with van der Waals surface area (Å²) in [6.45, 7) is 1.79. The zero-order chi connectivity index (χ0) is 18.8. The second-order valence-corrected chi connectivity index (χ2v) is 8.02. The van der Waals surface area contributed by atoms with Gasteiger partial charge < -0.3 is 20.6 Å². The van der Waals surface area contributed by atoms with Gasteiger partial charge >= 0.3 is 0 Å². The van der Waals surface area contributed by atoms with Gasteiger partial charge in [0, 0.05) is 47.6 Å². The molecule has 0 radical (unpaired) electrons. The van der Waals surface area contributed by atoms with Gasteiger partial charge in [0.25, 0.3) is 0 Å². The number of rotatable bonds is 6. The Balaban J connectivity index is 1.21. The van der Waals surface area contributed by atoms with Gasteiger partial charge in [0.05, 0.1) is 0 Å². The van der Waals surface area contributed by atoms with Crippen LogP contribution in [0.1, 0.15) is 37.1 Å². The molecule has 1 unspecified atom stereocenters. The zero-order valence-electron chi connectivity index (χ0n) is 16.2. The molecule has 5 rings (SSSR count). The van der Waals surface area contributed by atoms with Gasteiger partial charge in [-0.3, -0.25) is 0 Å². The largest absolute Gasteiger partial charge is 0.357 e. The number of fused-ring (bicyclic) bond motifs is 2. The summed E-state index contributed by atoms with van der Waals surface area (Å²) in [7, 11) is 0. The first-order valence-electron chi connectivity index (χ1n) is 10.5. The molecule has 4 N–H and O–H groups in total. The number of aromatic nitrogens is 2.